The van der Waals surface area contributed by atoms with E-state index in [0.29, 0.717) is 25.9 Å². The Bertz CT molecular complexity index is 527. The van der Waals surface area contributed by atoms with Gasteiger partial charge in [-0.2, -0.15) is 0 Å². The minimum absolute atomic E-state index is 0.00429. The van der Waals surface area contributed by atoms with Gasteiger partial charge in [0.25, 0.3) is 5.91 Å². The van der Waals surface area contributed by atoms with E-state index < -0.39 is 5.54 Å². The topological polar surface area (TPSA) is 64.2 Å². The van der Waals surface area contributed by atoms with Crippen LogP contribution in [-0.2, 0) is 9.59 Å². The molecular formula is C16H26N4O3. The summed E-state index contributed by atoms with van der Waals surface area (Å²) in [6, 6.07) is -0.252. The maximum absolute atomic E-state index is 12.8. The molecule has 4 amide bonds. The number of likely N-dealkylation sites (N-methyl/N-ethyl adjacent to an activating group) is 3. The number of likely N-dealkylation sites (tertiary alicyclic amines) is 2. The number of hydrogen-bond acceptors (Lipinski definition) is 4. The van der Waals surface area contributed by atoms with Crippen molar-refractivity contribution in [2.45, 2.75) is 44.2 Å². The van der Waals surface area contributed by atoms with Crippen molar-refractivity contribution in [3.8, 4) is 0 Å². The summed E-state index contributed by atoms with van der Waals surface area (Å²) in [6.07, 6.45) is 3.06. The van der Waals surface area contributed by atoms with Gasteiger partial charge in [-0.15, -0.1) is 0 Å². The summed E-state index contributed by atoms with van der Waals surface area (Å²) in [6.45, 7) is 5.07. The van der Waals surface area contributed by atoms with Gasteiger partial charge in [-0.3, -0.25) is 19.4 Å². The van der Waals surface area contributed by atoms with E-state index in [1.54, 1.807) is 11.9 Å². The Morgan fingerprint density at radius 3 is 2.35 bits per heavy atom. The van der Waals surface area contributed by atoms with Gasteiger partial charge < -0.3 is 9.80 Å². The number of carbonyl (C=O) groups excluding carboxylic acids is 3. The summed E-state index contributed by atoms with van der Waals surface area (Å²) < 4.78 is 0. The number of nitrogens with zero attached hydrogens (tertiary/aromatic N) is 4. The van der Waals surface area contributed by atoms with Crippen LogP contribution in [0.15, 0.2) is 0 Å². The SMILES string of the molecule is CCN1CCCC1C(=O)N1CCC2(CC1)C(=O)N(C)C(=O)N2C. The fraction of sp³-hybridized carbons (Fsp3) is 0.812. The Morgan fingerprint density at radius 2 is 1.83 bits per heavy atom. The summed E-state index contributed by atoms with van der Waals surface area (Å²) in [7, 11) is 3.22. The first-order chi connectivity index (χ1) is 10.9. The van der Waals surface area contributed by atoms with Crippen LogP contribution in [-0.4, -0.2) is 89.3 Å². The van der Waals surface area contributed by atoms with Crippen molar-refractivity contribution < 1.29 is 14.4 Å². The molecule has 1 spiro atoms. The van der Waals surface area contributed by atoms with Crippen LogP contribution in [0.2, 0.25) is 0 Å². The minimum Gasteiger partial charge on any atom is -0.341 e. The van der Waals surface area contributed by atoms with Crippen molar-refractivity contribution in [3.05, 3.63) is 0 Å². The summed E-state index contributed by atoms with van der Waals surface area (Å²) in [5, 5.41) is 0. The van der Waals surface area contributed by atoms with Gasteiger partial charge in [-0.05, 0) is 38.8 Å². The molecule has 0 aromatic heterocycles. The number of carbonyl (C=O) groups is 3. The highest BCUT2D eigenvalue weighted by Crippen LogP contribution is 2.36. The van der Waals surface area contributed by atoms with Crippen LogP contribution in [0.5, 0.6) is 0 Å². The predicted molar refractivity (Wildman–Crippen MR) is 84.7 cm³/mol. The molecule has 0 saturated carbocycles. The van der Waals surface area contributed by atoms with Gasteiger partial charge in [0.15, 0.2) is 0 Å². The van der Waals surface area contributed by atoms with E-state index in [1.165, 1.54) is 11.9 Å². The molecule has 7 heteroatoms. The lowest BCUT2D eigenvalue weighted by atomic mass is 9.86. The molecule has 3 saturated heterocycles. The maximum Gasteiger partial charge on any atom is 0.327 e. The highest BCUT2D eigenvalue weighted by Gasteiger charge is 2.55. The molecule has 128 valence electrons. The first kappa shape index (κ1) is 16.2. The molecule has 0 N–H and O–H groups in total. The number of hydrogen-bond donors (Lipinski definition) is 0. The van der Waals surface area contributed by atoms with E-state index in [4.69, 9.17) is 0 Å². The normalized spacial score (nSPS) is 28.3. The molecule has 3 rings (SSSR count). The zero-order valence-electron chi connectivity index (χ0n) is 14.2. The van der Waals surface area contributed by atoms with E-state index in [-0.39, 0.29) is 23.9 Å². The number of imide groups is 1. The molecule has 0 bridgehead atoms. The van der Waals surface area contributed by atoms with E-state index in [1.807, 2.05) is 4.90 Å². The highest BCUT2D eigenvalue weighted by molar-refractivity contribution is 6.06. The summed E-state index contributed by atoms with van der Waals surface area (Å²) in [4.78, 5) is 44.2. The Kier molecular flexibility index (Phi) is 4.08. The first-order valence-corrected chi connectivity index (χ1v) is 8.51. The summed E-state index contributed by atoms with van der Waals surface area (Å²) in [5.74, 6) is 0.0557. The third-order valence-electron chi connectivity index (χ3n) is 5.88. The van der Waals surface area contributed by atoms with Crippen molar-refractivity contribution >= 4 is 17.8 Å². The van der Waals surface area contributed by atoms with Crippen molar-refractivity contribution in [2.75, 3.05) is 40.3 Å². The third-order valence-corrected chi connectivity index (χ3v) is 5.88. The number of urea groups is 1. The van der Waals surface area contributed by atoms with Crippen LogP contribution in [0, 0.1) is 0 Å². The van der Waals surface area contributed by atoms with Crippen molar-refractivity contribution in [1.29, 1.82) is 0 Å². The second-order valence-electron chi connectivity index (χ2n) is 6.85. The maximum atomic E-state index is 12.8. The molecule has 1 unspecified atom stereocenters. The van der Waals surface area contributed by atoms with E-state index in [2.05, 4.69) is 11.8 Å². The van der Waals surface area contributed by atoms with Crippen LogP contribution in [0.1, 0.15) is 32.6 Å². The van der Waals surface area contributed by atoms with E-state index in [0.717, 1.165) is 25.9 Å². The zero-order valence-corrected chi connectivity index (χ0v) is 14.2. The van der Waals surface area contributed by atoms with Crippen molar-refractivity contribution in [2.24, 2.45) is 0 Å². The lowest BCUT2D eigenvalue weighted by molar-refractivity contribution is -0.142. The Hall–Kier alpha value is -1.63. The van der Waals surface area contributed by atoms with Gasteiger partial charge in [-0.1, -0.05) is 6.92 Å². The first-order valence-electron chi connectivity index (χ1n) is 8.51. The molecule has 3 aliphatic rings. The molecule has 0 aromatic rings. The van der Waals surface area contributed by atoms with E-state index >= 15 is 0 Å². The molecule has 23 heavy (non-hydrogen) atoms. The van der Waals surface area contributed by atoms with Gasteiger partial charge in [0.1, 0.15) is 5.54 Å². The Morgan fingerprint density at radius 1 is 1.17 bits per heavy atom. The average molecular weight is 322 g/mol. The quantitative estimate of drug-likeness (QED) is 0.689. The van der Waals surface area contributed by atoms with Crippen LogP contribution in [0.4, 0.5) is 4.79 Å². The summed E-state index contributed by atoms with van der Waals surface area (Å²) >= 11 is 0. The van der Waals surface area contributed by atoms with Crippen LogP contribution < -0.4 is 0 Å². The molecule has 0 radical (unpaired) electrons. The van der Waals surface area contributed by atoms with Gasteiger partial charge >= 0.3 is 6.03 Å². The fourth-order valence-electron chi connectivity index (χ4n) is 4.29. The molecule has 3 heterocycles. The van der Waals surface area contributed by atoms with Crippen molar-refractivity contribution in [1.82, 2.24) is 19.6 Å². The molecule has 7 nitrogen and oxygen atoms in total. The monoisotopic (exact) mass is 322 g/mol. The Labute approximate surface area is 137 Å². The third kappa shape index (κ3) is 2.33. The van der Waals surface area contributed by atoms with Crippen LogP contribution in [0.3, 0.4) is 0 Å². The van der Waals surface area contributed by atoms with Gasteiger partial charge in [-0.25, -0.2) is 4.79 Å². The van der Waals surface area contributed by atoms with Crippen LogP contribution in [0.25, 0.3) is 0 Å². The van der Waals surface area contributed by atoms with Gasteiger partial charge in [0.05, 0.1) is 6.04 Å². The zero-order chi connectivity index (χ0) is 16.8. The second-order valence-corrected chi connectivity index (χ2v) is 6.85. The lowest BCUT2D eigenvalue weighted by Gasteiger charge is -2.42. The van der Waals surface area contributed by atoms with Crippen molar-refractivity contribution in [3.63, 3.8) is 0 Å². The minimum atomic E-state index is -0.747. The highest BCUT2D eigenvalue weighted by atomic mass is 16.2. The molecule has 3 aliphatic heterocycles. The van der Waals surface area contributed by atoms with Gasteiger partial charge in [0, 0.05) is 27.2 Å². The molecule has 3 fully saturated rings. The smallest absolute Gasteiger partial charge is 0.327 e. The molecule has 0 aliphatic carbocycles. The molecular weight excluding hydrogens is 296 g/mol. The predicted octanol–water partition coefficient (Wildman–Crippen LogP) is 0.356. The van der Waals surface area contributed by atoms with Crippen LogP contribution >= 0.6 is 0 Å². The van der Waals surface area contributed by atoms with E-state index in [9.17, 15) is 14.4 Å². The second kappa shape index (κ2) is 5.78. The number of amides is 4. The average Bonchev–Trinajstić information content (AvgIpc) is 3.11. The Balaban J connectivity index is 1.68. The largest absolute Gasteiger partial charge is 0.341 e. The van der Waals surface area contributed by atoms with Gasteiger partial charge in [0.2, 0.25) is 5.91 Å². The molecule has 0 aromatic carbocycles. The summed E-state index contributed by atoms with van der Waals surface area (Å²) in [5.41, 5.74) is -0.747. The standard InChI is InChI=1S/C16H26N4O3/c1-4-19-9-5-6-12(19)13(21)20-10-7-16(8-11-20)14(22)17(2)15(23)18(16)3/h12H,4-11H2,1-3H3. The fourth-order valence-corrected chi connectivity index (χ4v) is 4.29. The number of piperidine rings is 1. The number of rotatable bonds is 2. The lowest BCUT2D eigenvalue weighted by Crippen LogP contribution is -2.58. The molecule has 1 atom stereocenters.